The molecule has 1 aliphatic rings. The molecule has 4 aromatic rings. The third-order valence-electron chi connectivity index (χ3n) is 5.37. The van der Waals surface area contributed by atoms with E-state index in [1.165, 1.54) is 16.4 Å². The number of halogens is 1. The van der Waals surface area contributed by atoms with Gasteiger partial charge in [0, 0.05) is 24.0 Å². The Bertz CT molecular complexity index is 1430. The number of ether oxygens (including phenoxy) is 1. The van der Waals surface area contributed by atoms with E-state index >= 15 is 0 Å². The van der Waals surface area contributed by atoms with Crippen LogP contribution in [-0.2, 0) is 10.0 Å². The maximum Gasteiger partial charge on any atom is 0.269 e. The third-order valence-corrected chi connectivity index (χ3v) is 7.48. The van der Waals surface area contributed by atoms with Crippen molar-refractivity contribution >= 4 is 44.2 Å². The summed E-state index contributed by atoms with van der Waals surface area (Å²) in [5.74, 6) is 1.17. The van der Waals surface area contributed by atoms with Crippen LogP contribution in [-0.4, -0.2) is 29.4 Å². The number of pyridine rings is 2. The van der Waals surface area contributed by atoms with E-state index in [2.05, 4.69) is 15.3 Å². The molecule has 1 fully saturated rings. The summed E-state index contributed by atoms with van der Waals surface area (Å²) in [6.45, 7) is 0. The molecule has 0 amide bonds. The Labute approximate surface area is 190 Å². The van der Waals surface area contributed by atoms with Crippen molar-refractivity contribution in [2.24, 2.45) is 0 Å². The molecule has 3 heterocycles. The van der Waals surface area contributed by atoms with Gasteiger partial charge >= 0.3 is 0 Å². The lowest BCUT2D eigenvalue weighted by atomic mass is 10.2. The number of fused-ring (bicyclic) bond motifs is 1. The Balaban J connectivity index is 1.60. The van der Waals surface area contributed by atoms with Crippen LogP contribution in [0, 0.1) is 0 Å². The van der Waals surface area contributed by atoms with Gasteiger partial charge in [-0.1, -0.05) is 29.8 Å². The Morgan fingerprint density at radius 2 is 1.91 bits per heavy atom. The maximum absolute atomic E-state index is 13.4. The van der Waals surface area contributed by atoms with Gasteiger partial charge in [-0.3, -0.25) is 0 Å². The van der Waals surface area contributed by atoms with Crippen LogP contribution < -0.4 is 15.8 Å². The first-order valence-electron chi connectivity index (χ1n) is 10.0. The van der Waals surface area contributed by atoms with Gasteiger partial charge in [0.25, 0.3) is 10.0 Å². The van der Waals surface area contributed by atoms with Gasteiger partial charge < -0.3 is 15.8 Å². The highest BCUT2D eigenvalue weighted by Crippen LogP contribution is 2.44. The van der Waals surface area contributed by atoms with E-state index in [1.54, 1.807) is 43.4 Å². The molecule has 1 saturated carbocycles. The number of nitrogens with zero attached hydrogens (tertiary/aromatic N) is 3. The van der Waals surface area contributed by atoms with Crippen LogP contribution in [0.4, 0.5) is 11.5 Å². The summed E-state index contributed by atoms with van der Waals surface area (Å²) in [5, 5.41) is 3.86. The van der Waals surface area contributed by atoms with Crippen LogP contribution in [0.2, 0.25) is 5.02 Å². The summed E-state index contributed by atoms with van der Waals surface area (Å²) in [6.07, 6.45) is 4.80. The average Bonchev–Trinajstić information content (AvgIpc) is 3.56. The van der Waals surface area contributed by atoms with E-state index in [-0.39, 0.29) is 16.6 Å². The molecule has 0 bridgehead atoms. The number of nitrogens with two attached hydrogens (primary N) is 1. The van der Waals surface area contributed by atoms with Crippen LogP contribution in [0.25, 0.3) is 11.0 Å². The first kappa shape index (κ1) is 20.6. The molecule has 10 heteroatoms. The van der Waals surface area contributed by atoms with E-state index in [9.17, 15) is 8.42 Å². The summed E-state index contributed by atoms with van der Waals surface area (Å²) in [6, 6.07) is 12.0. The zero-order valence-electron chi connectivity index (χ0n) is 17.1. The minimum atomic E-state index is -3.79. The number of hydrogen-bond acceptors (Lipinski definition) is 7. The quantitative estimate of drug-likeness (QED) is 0.423. The number of hydrogen-bond donors (Lipinski definition) is 2. The van der Waals surface area contributed by atoms with Crippen LogP contribution in [0.15, 0.2) is 59.8 Å². The molecule has 5 rings (SSSR count). The van der Waals surface area contributed by atoms with Crippen molar-refractivity contribution in [2.75, 3.05) is 18.1 Å². The standard InChI is InChI=1S/C22H20ClN5O3S/c1-25-20-19(23)18(12-26-21(20)24)31-15-9-14-10-17(13-7-8-13)28(22(14)27-11-15)32(29,30)16-5-3-2-4-6-16/h2-6,9-13,25H,7-8H2,1H3,(H2,24,26). The van der Waals surface area contributed by atoms with Crippen molar-refractivity contribution in [1.82, 2.24) is 13.9 Å². The van der Waals surface area contributed by atoms with Crippen molar-refractivity contribution in [2.45, 2.75) is 23.7 Å². The zero-order chi connectivity index (χ0) is 22.5. The smallest absolute Gasteiger partial charge is 0.269 e. The fraction of sp³-hybridized carbons (Fsp3) is 0.182. The van der Waals surface area contributed by atoms with Gasteiger partial charge in [0.05, 0.1) is 23.0 Å². The van der Waals surface area contributed by atoms with E-state index in [0.717, 1.165) is 18.5 Å². The first-order chi connectivity index (χ1) is 15.4. The summed E-state index contributed by atoms with van der Waals surface area (Å²) in [5.41, 5.74) is 7.39. The lowest BCUT2D eigenvalue weighted by Crippen LogP contribution is -2.15. The van der Waals surface area contributed by atoms with Gasteiger partial charge in [0.2, 0.25) is 0 Å². The van der Waals surface area contributed by atoms with Gasteiger partial charge in [-0.2, -0.15) is 0 Å². The highest BCUT2D eigenvalue weighted by molar-refractivity contribution is 7.90. The molecule has 0 unspecified atom stereocenters. The van der Waals surface area contributed by atoms with E-state index in [1.807, 2.05) is 6.07 Å². The Morgan fingerprint density at radius 3 is 2.59 bits per heavy atom. The Kier molecular flexibility index (Phi) is 4.94. The number of rotatable bonds is 6. The van der Waals surface area contributed by atoms with Gasteiger partial charge in [0.15, 0.2) is 11.4 Å². The molecule has 0 saturated heterocycles. The fourth-order valence-corrected chi connectivity index (χ4v) is 5.51. The highest BCUT2D eigenvalue weighted by Gasteiger charge is 2.33. The Morgan fingerprint density at radius 1 is 1.16 bits per heavy atom. The average molecular weight is 470 g/mol. The van der Waals surface area contributed by atoms with Crippen molar-refractivity contribution < 1.29 is 13.2 Å². The van der Waals surface area contributed by atoms with E-state index in [4.69, 9.17) is 22.1 Å². The first-order valence-corrected chi connectivity index (χ1v) is 11.8. The van der Waals surface area contributed by atoms with E-state index < -0.39 is 10.0 Å². The predicted molar refractivity (Wildman–Crippen MR) is 124 cm³/mol. The largest absolute Gasteiger partial charge is 0.452 e. The highest BCUT2D eigenvalue weighted by atomic mass is 35.5. The molecule has 3 N–H and O–H groups in total. The number of benzene rings is 1. The molecule has 0 aliphatic heterocycles. The molecular weight excluding hydrogens is 450 g/mol. The second kappa shape index (κ2) is 7.68. The van der Waals surface area contributed by atoms with Crippen molar-refractivity contribution in [1.29, 1.82) is 0 Å². The second-order valence-corrected chi connectivity index (χ2v) is 9.72. The molecule has 1 aromatic carbocycles. The lowest BCUT2D eigenvalue weighted by molar-refractivity contribution is 0.479. The lowest BCUT2D eigenvalue weighted by Gasteiger charge is -2.12. The topological polar surface area (TPSA) is 112 Å². The monoisotopic (exact) mass is 469 g/mol. The van der Waals surface area contributed by atoms with Crippen molar-refractivity contribution in [3.8, 4) is 11.5 Å². The molecular formula is C22H20ClN5O3S. The minimum Gasteiger partial charge on any atom is -0.452 e. The molecule has 8 nitrogen and oxygen atoms in total. The van der Waals surface area contributed by atoms with Gasteiger partial charge in [-0.25, -0.2) is 22.4 Å². The van der Waals surface area contributed by atoms with Crippen molar-refractivity contribution in [3.63, 3.8) is 0 Å². The van der Waals surface area contributed by atoms with Crippen LogP contribution in [0.5, 0.6) is 11.5 Å². The summed E-state index contributed by atoms with van der Waals surface area (Å²) >= 11 is 6.38. The van der Waals surface area contributed by atoms with Crippen LogP contribution >= 0.6 is 11.6 Å². The van der Waals surface area contributed by atoms with Crippen LogP contribution in [0.1, 0.15) is 24.5 Å². The molecule has 0 atom stereocenters. The van der Waals surface area contributed by atoms with E-state index in [0.29, 0.717) is 33.2 Å². The molecule has 0 spiro atoms. The van der Waals surface area contributed by atoms with Crippen LogP contribution in [0.3, 0.4) is 0 Å². The normalized spacial score (nSPS) is 13.9. The fourth-order valence-electron chi connectivity index (χ4n) is 3.66. The minimum absolute atomic E-state index is 0.195. The van der Waals surface area contributed by atoms with Gasteiger partial charge in [0.1, 0.15) is 16.6 Å². The number of anilines is 2. The molecule has 1 aliphatic carbocycles. The molecule has 164 valence electrons. The summed E-state index contributed by atoms with van der Waals surface area (Å²) in [4.78, 5) is 8.75. The summed E-state index contributed by atoms with van der Waals surface area (Å²) in [7, 11) is -2.10. The Hall–Kier alpha value is -3.30. The number of aromatic nitrogens is 3. The third kappa shape index (κ3) is 3.43. The maximum atomic E-state index is 13.4. The van der Waals surface area contributed by atoms with Gasteiger partial charge in [-0.15, -0.1) is 0 Å². The molecule has 3 aromatic heterocycles. The molecule has 0 radical (unpaired) electrons. The molecule has 32 heavy (non-hydrogen) atoms. The zero-order valence-corrected chi connectivity index (χ0v) is 18.7. The summed E-state index contributed by atoms with van der Waals surface area (Å²) < 4.78 is 34.1. The predicted octanol–water partition coefficient (Wildman–Crippen LogP) is 4.62. The second-order valence-electron chi connectivity index (χ2n) is 7.56. The number of nitrogens with one attached hydrogen (secondary N) is 1. The number of nitrogen functional groups attached to an aromatic ring is 1. The van der Waals surface area contributed by atoms with Crippen molar-refractivity contribution in [3.05, 3.63) is 65.6 Å². The van der Waals surface area contributed by atoms with Gasteiger partial charge in [-0.05, 0) is 37.1 Å². The SMILES string of the molecule is CNc1c(N)ncc(Oc2cnc3c(c2)cc(C2CC2)n3S(=O)(=O)c2ccccc2)c1Cl.